The number of halogens is 2. The molecule has 6 rings (SSSR count). The summed E-state index contributed by atoms with van der Waals surface area (Å²) in [5.74, 6) is 3.02. The summed E-state index contributed by atoms with van der Waals surface area (Å²) < 4.78 is 40.3. The van der Waals surface area contributed by atoms with Crippen molar-refractivity contribution in [2.45, 2.75) is 38.3 Å². The van der Waals surface area contributed by atoms with E-state index in [0.29, 0.717) is 18.8 Å². The van der Waals surface area contributed by atoms with Gasteiger partial charge < -0.3 is 66.9 Å². The van der Waals surface area contributed by atoms with Gasteiger partial charge in [0.2, 0.25) is 6.79 Å². The third kappa shape index (κ3) is 10.3. The van der Waals surface area contributed by atoms with E-state index in [4.69, 9.17) is 33.2 Å². The maximum atomic E-state index is 12.5. The molecule has 3 aromatic rings. The summed E-state index contributed by atoms with van der Waals surface area (Å²) in [6, 6.07) is 18.7. The quantitative estimate of drug-likeness (QED) is 0.0870. The van der Waals surface area contributed by atoms with E-state index in [1.54, 1.807) is 21.3 Å². The normalized spacial score (nSPS) is 22.4. The Balaban J connectivity index is 0.00000325. The van der Waals surface area contributed by atoms with Crippen molar-refractivity contribution in [3.8, 4) is 28.7 Å². The van der Waals surface area contributed by atoms with Crippen LogP contribution in [0.4, 0.5) is 0 Å². The number of benzene rings is 3. The summed E-state index contributed by atoms with van der Waals surface area (Å²) >= 11 is 0. The van der Waals surface area contributed by atoms with Gasteiger partial charge in [0.15, 0.2) is 23.0 Å². The van der Waals surface area contributed by atoms with Crippen molar-refractivity contribution in [2.75, 3.05) is 81.6 Å². The molecule has 4 unspecified atom stereocenters. The predicted octanol–water partition coefficient (Wildman–Crippen LogP) is -0.565. The van der Waals surface area contributed by atoms with Gasteiger partial charge in [0, 0.05) is 54.9 Å². The number of rotatable bonds is 15. The molecule has 0 N–H and O–H groups in total. The lowest BCUT2D eigenvalue weighted by Gasteiger charge is -2.46. The molecule has 3 aliphatic heterocycles. The lowest BCUT2D eigenvalue weighted by atomic mass is 9.86. The summed E-state index contributed by atoms with van der Waals surface area (Å²) in [5, 5.41) is 0. The number of fused-ring (bicyclic) bond motifs is 2. The Kier molecular flexibility index (Phi) is 14.9. The van der Waals surface area contributed by atoms with E-state index in [1.807, 2.05) is 24.3 Å². The zero-order chi connectivity index (χ0) is 36.7. The molecule has 1 saturated heterocycles. The summed E-state index contributed by atoms with van der Waals surface area (Å²) in [7, 11) is 9.50. The highest BCUT2D eigenvalue weighted by Crippen LogP contribution is 2.43. The minimum absolute atomic E-state index is 0. The maximum Gasteiger partial charge on any atom is 0.331 e. The molecule has 0 radical (unpaired) electrons. The average molecular weight is 788 g/mol. The van der Waals surface area contributed by atoms with Gasteiger partial charge in [0.25, 0.3) is 0 Å². The number of quaternary nitrogens is 2. The summed E-state index contributed by atoms with van der Waals surface area (Å²) in [4.78, 5) is 25.0. The summed E-state index contributed by atoms with van der Waals surface area (Å²) in [5.41, 5.74) is 4.91. The Morgan fingerprint density at radius 2 is 1.50 bits per heavy atom. The fourth-order valence-corrected chi connectivity index (χ4v) is 8.00. The van der Waals surface area contributed by atoms with Gasteiger partial charge >= 0.3 is 11.9 Å². The standard InChI is InChI=1S/C41H52N2O9.2ClH/c1-42(25-30-9-12-36-39(22-30)52-28-51-36)18-15-31(26-42)27-50-41(45)14-13-40(44)49-20-6-17-43(2)19-16-32-23-37(47-4)38(48-5)24-34(32)35(43)21-29-7-10-33(46-3)11-8-29;;/h7-14,22-24,31,35H,6,15-21,25-28H2,1-5H3;2*1H/q+2;;/p-2. The third-order valence-corrected chi connectivity index (χ3v) is 10.9. The van der Waals surface area contributed by atoms with Crippen LogP contribution in [0.25, 0.3) is 0 Å². The Morgan fingerprint density at radius 1 is 0.815 bits per heavy atom. The second-order valence-electron chi connectivity index (χ2n) is 14.7. The molecule has 3 heterocycles. The number of carbonyl (C=O) groups is 2. The van der Waals surface area contributed by atoms with Crippen LogP contribution in [0.15, 0.2) is 66.7 Å². The monoisotopic (exact) mass is 786 g/mol. The second-order valence-corrected chi connectivity index (χ2v) is 14.7. The van der Waals surface area contributed by atoms with Crippen molar-refractivity contribution in [1.82, 2.24) is 0 Å². The molecule has 11 nitrogen and oxygen atoms in total. The fourth-order valence-electron chi connectivity index (χ4n) is 8.00. The van der Waals surface area contributed by atoms with Crippen LogP contribution in [0.5, 0.6) is 28.7 Å². The van der Waals surface area contributed by atoms with E-state index in [9.17, 15) is 9.59 Å². The number of nitrogens with zero attached hydrogens (tertiary/aromatic N) is 2. The van der Waals surface area contributed by atoms with Gasteiger partial charge in [-0.1, -0.05) is 12.1 Å². The van der Waals surface area contributed by atoms with Gasteiger partial charge in [-0.3, -0.25) is 0 Å². The number of hydrogen-bond acceptors (Lipinski definition) is 9. The average Bonchev–Trinajstić information content (AvgIpc) is 3.78. The first-order valence-corrected chi connectivity index (χ1v) is 18.1. The minimum Gasteiger partial charge on any atom is -1.00 e. The Morgan fingerprint density at radius 3 is 2.22 bits per heavy atom. The van der Waals surface area contributed by atoms with Crippen LogP contribution in [0.2, 0.25) is 0 Å². The number of likely N-dealkylation sites (tertiary alicyclic amines) is 1. The number of esters is 2. The molecule has 4 atom stereocenters. The Bertz CT molecular complexity index is 1770. The SMILES string of the molecule is COc1ccc(CC2c3cc(OC)c(OC)cc3CC[N+]2(C)CCCOC(=O)C=CC(=O)OCC2CC[N+](C)(Cc3ccc4c(c3)OCO4)C2)cc1.[Cl-].[Cl-]. The smallest absolute Gasteiger partial charge is 0.331 e. The topological polar surface area (TPSA) is 98.8 Å². The lowest BCUT2D eigenvalue weighted by molar-refractivity contribution is -0.941. The van der Waals surface area contributed by atoms with Gasteiger partial charge in [-0.05, 0) is 53.6 Å². The number of hydrogen-bond donors (Lipinski definition) is 0. The largest absolute Gasteiger partial charge is 1.00 e. The van der Waals surface area contributed by atoms with E-state index in [1.165, 1.54) is 28.3 Å². The molecule has 3 aliphatic rings. The van der Waals surface area contributed by atoms with Gasteiger partial charge in [-0.15, -0.1) is 0 Å². The van der Waals surface area contributed by atoms with Crippen LogP contribution in [-0.4, -0.2) is 103 Å². The number of likely N-dealkylation sites (N-methyl/N-ethyl adjacent to an activating group) is 1. The molecule has 0 aromatic heterocycles. The van der Waals surface area contributed by atoms with E-state index in [2.05, 4.69) is 44.4 Å². The Hall–Kier alpha value is -4.16. The van der Waals surface area contributed by atoms with Gasteiger partial charge in [0.05, 0.1) is 68.2 Å². The first-order valence-electron chi connectivity index (χ1n) is 18.1. The second kappa shape index (κ2) is 18.9. The van der Waals surface area contributed by atoms with E-state index >= 15 is 0 Å². The van der Waals surface area contributed by atoms with Crippen molar-refractivity contribution in [3.05, 3.63) is 89.0 Å². The van der Waals surface area contributed by atoms with E-state index in [-0.39, 0.29) is 50.2 Å². The molecule has 0 spiro atoms. The lowest BCUT2D eigenvalue weighted by Crippen LogP contribution is -3.00. The number of ether oxygens (including phenoxy) is 7. The predicted molar refractivity (Wildman–Crippen MR) is 195 cm³/mol. The first-order chi connectivity index (χ1) is 25.1. The van der Waals surface area contributed by atoms with Crippen molar-refractivity contribution >= 4 is 11.9 Å². The van der Waals surface area contributed by atoms with Crippen molar-refractivity contribution in [2.24, 2.45) is 5.92 Å². The highest BCUT2D eigenvalue weighted by Gasteiger charge is 2.40. The Labute approximate surface area is 331 Å². The molecule has 13 heteroatoms. The van der Waals surface area contributed by atoms with Crippen LogP contribution in [0.3, 0.4) is 0 Å². The van der Waals surface area contributed by atoms with Crippen molar-refractivity contribution in [1.29, 1.82) is 0 Å². The highest BCUT2D eigenvalue weighted by molar-refractivity contribution is 5.91. The molecule has 294 valence electrons. The van der Waals surface area contributed by atoms with E-state index in [0.717, 1.165) is 90.0 Å². The molecule has 0 amide bonds. The molecule has 1 fully saturated rings. The molecule has 0 aliphatic carbocycles. The van der Waals surface area contributed by atoms with Gasteiger partial charge in [-0.2, -0.15) is 0 Å². The molecular formula is C41H52Cl2N2O9. The molecule has 0 bridgehead atoms. The summed E-state index contributed by atoms with van der Waals surface area (Å²) in [6.45, 7) is 5.34. The highest BCUT2D eigenvalue weighted by atomic mass is 35.5. The number of carbonyl (C=O) groups excluding carboxylic acids is 2. The van der Waals surface area contributed by atoms with Gasteiger partial charge in [-0.25, -0.2) is 9.59 Å². The van der Waals surface area contributed by atoms with Crippen molar-refractivity contribution < 1.29 is 76.5 Å². The maximum absolute atomic E-state index is 12.5. The van der Waals surface area contributed by atoms with Crippen LogP contribution >= 0.6 is 0 Å². The van der Waals surface area contributed by atoms with Crippen molar-refractivity contribution in [3.63, 3.8) is 0 Å². The first kappa shape index (κ1) is 42.6. The zero-order valence-electron chi connectivity index (χ0n) is 31.8. The van der Waals surface area contributed by atoms with Crippen LogP contribution in [-0.2, 0) is 38.4 Å². The fraction of sp³-hybridized carbons (Fsp3) is 0.463. The van der Waals surface area contributed by atoms with E-state index < -0.39 is 11.9 Å². The molecule has 3 aromatic carbocycles. The van der Waals surface area contributed by atoms with Crippen LogP contribution < -0.4 is 48.5 Å². The third-order valence-electron chi connectivity index (χ3n) is 10.9. The summed E-state index contributed by atoms with van der Waals surface area (Å²) in [6.07, 6.45) is 5.69. The number of methoxy groups -OCH3 is 3. The van der Waals surface area contributed by atoms with Gasteiger partial charge in [0.1, 0.15) is 24.9 Å². The van der Waals surface area contributed by atoms with Crippen LogP contribution in [0.1, 0.15) is 41.1 Å². The minimum atomic E-state index is -0.552. The van der Waals surface area contributed by atoms with Crippen LogP contribution in [0, 0.1) is 5.92 Å². The molecule has 54 heavy (non-hydrogen) atoms. The molecule has 0 saturated carbocycles. The molecular weight excluding hydrogens is 735 g/mol. The zero-order valence-corrected chi connectivity index (χ0v) is 33.3.